The van der Waals surface area contributed by atoms with E-state index in [1.807, 2.05) is 0 Å². The first kappa shape index (κ1) is 18.8. The number of aliphatic hydroxyl groups excluding tert-OH is 1. The van der Waals surface area contributed by atoms with Crippen molar-refractivity contribution in [2.75, 3.05) is 13.1 Å². The van der Waals surface area contributed by atoms with Crippen molar-refractivity contribution in [3.05, 3.63) is 46.6 Å². The number of hydrogen-bond donors (Lipinski definition) is 3. The third kappa shape index (κ3) is 3.90. The highest BCUT2D eigenvalue weighted by atomic mass is 35.5. The molecule has 4 N–H and O–H groups in total. The Kier molecular flexibility index (Phi) is 5.33. The standard InChI is InChI=1S/C16H19ClN4O4S/c17-12-3-1-10(2-4-12)14(22)11-5-7-21(8-6-11)16(23)13-9-19-20-15(13)26(18,24)25/h1-4,9,11,14,22H,5-8H2,(H,19,20)(H2,18,24,25). The summed E-state index contributed by atoms with van der Waals surface area (Å²) >= 11 is 5.86. The molecule has 1 atom stereocenters. The molecule has 0 spiro atoms. The first-order valence-electron chi connectivity index (χ1n) is 8.06. The lowest BCUT2D eigenvalue weighted by Crippen LogP contribution is -2.40. The van der Waals surface area contributed by atoms with Gasteiger partial charge in [0.15, 0.2) is 5.03 Å². The summed E-state index contributed by atoms with van der Waals surface area (Å²) < 4.78 is 23.0. The van der Waals surface area contributed by atoms with Crippen molar-refractivity contribution >= 4 is 27.5 Å². The summed E-state index contributed by atoms with van der Waals surface area (Å²) in [5.74, 6) is -0.440. The van der Waals surface area contributed by atoms with E-state index >= 15 is 0 Å². The summed E-state index contributed by atoms with van der Waals surface area (Å²) in [7, 11) is -4.05. The highest BCUT2D eigenvalue weighted by Crippen LogP contribution is 2.32. The molecule has 10 heteroatoms. The summed E-state index contributed by atoms with van der Waals surface area (Å²) in [5, 5.41) is 21.7. The van der Waals surface area contributed by atoms with Crippen molar-refractivity contribution in [1.82, 2.24) is 15.1 Å². The van der Waals surface area contributed by atoms with Gasteiger partial charge in [-0.05, 0) is 36.5 Å². The number of likely N-dealkylation sites (tertiary alicyclic amines) is 1. The van der Waals surface area contributed by atoms with Gasteiger partial charge in [0.1, 0.15) is 0 Å². The van der Waals surface area contributed by atoms with Gasteiger partial charge in [-0.15, -0.1) is 0 Å². The van der Waals surface area contributed by atoms with Gasteiger partial charge in [-0.2, -0.15) is 5.10 Å². The molecular weight excluding hydrogens is 380 g/mol. The van der Waals surface area contributed by atoms with Crippen LogP contribution in [0.5, 0.6) is 0 Å². The number of sulfonamides is 1. The van der Waals surface area contributed by atoms with Crippen LogP contribution in [-0.4, -0.2) is 47.6 Å². The van der Waals surface area contributed by atoms with Gasteiger partial charge in [-0.3, -0.25) is 9.89 Å². The topological polar surface area (TPSA) is 129 Å². The third-order valence-corrected chi connectivity index (χ3v) is 5.74. The molecule has 0 aliphatic carbocycles. The van der Waals surface area contributed by atoms with Crippen molar-refractivity contribution in [3.8, 4) is 0 Å². The largest absolute Gasteiger partial charge is 0.388 e. The number of nitrogens with one attached hydrogen (secondary N) is 1. The van der Waals surface area contributed by atoms with Gasteiger partial charge in [0.05, 0.1) is 17.9 Å². The maximum atomic E-state index is 12.6. The summed E-state index contributed by atoms with van der Waals surface area (Å²) in [5.41, 5.74) is 0.717. The Bertz CT molecular complexity index is 889. The fraction of sp³-hybridized carbons (Fsp3) is 0.375. The van der Waals surface area contributed by atoms with Crippen LogP contribution in [0.3, 0.4) is 0 Å². The molecule has 140 valence electrons. The van der Waals surface area contributed by atoms with E-state index < -0.39 is 22.0 Å². The number of piperidine rings is 1. The van der Waals surface area contributed by atoms with Crippen molar-refractivity contribution in [3.63, 3.8) is 0 Å². The maximum Gasteiger partial charge on any atom is 0.258 e. The number of primary sulfonamides is 1. The Balaban J connectivity index is 1.66. The van der Waals surface area contributed by atoms with E-state index in [0.29, 0.717) is 31.0 Å². The number of carbonyl (C=O) groups is 1. The highest BCUT2D eigenvalue weighted by Gasteiger charge is 2.31. The summed E-state index contributed by atoms with van der Waals surface area (Å²) in [6, 6.07) is 7.03. The number of aliphatic hydroxyl groups is 1. The molecule has 26 heavy (non-hydrogen) atoms. The van der Waals surface area contributed by atoms with Crippen molar-refractivity contribution in [2.45, 2.75) is 24.0 Å². The normalized spacial score (nSPS) is 17.3. The minimum absolute atomic E-state index is 0.00212. The SMILES string of the molecule is NS(=O)(=O)c1[nH]ncc1C(=O)N1CCC(C(O)c2ccc(Cl)cc2)CC1. The van der Waals surface area contributed by atoms with Crippen molar-refractivity contribution in [2.24, 2.45) is 11.1 Å². The molecule has 1 fully saturated rings. The number of nitrogens with zero attached hydrogens (tertiary/aromatic N) is 2. The van der Waals surface area contributed by atoms with E-state index in [0.717, 1.165) is 11.8 Å². The second kappa shape index (κ2) is 7.36. The number of hydrogen-bond acceptors (Lipinski definition) is 5. The smallest absolute Gasteiger partial charge is 0.258 e. The Morgan fingerprint density at radius 3 is 2.50 bits per heavy atom. The molecule has 1 saturated heterocycles. The van der Waals surface area contributed by atoms with Gasteiger partial charge in [-0.1, -0.05) is 23.7 Å². The number of rotatable bonds is 4. The minimum Gasteiger partial charge on any atom is -0.388 e. The first-order chi connectivity index (χ1) is 12.3. The third-order valence-electron chi connectivity index (χ3n) is 4.60. The lowest BCUT2D eigenvalue weighted by molar-refractivity contribution is 0.0460. The molecule has 1 amide bonds. The minimum atomic E-state index is -4.05. The van der Waals surface area contributed by atoms with Crippen molar-refractivity contribution < 1.29 is 18.3 Å². The Morgan fingerprint density at radius 1 is 1.31 bits per heavy atom. The van der Waals surface area contributed by atoms with E-state index in [1.54, 1.807) is 29.2 Å². The number of halogens is 1. The van der Waals surface area contributed by atoms with Crippen LogP contribution in [-0.2, 0) is 10.0 Å². The van der Waals surface area contributed by atoms with Crippen LogP contribution in [0.15, 0.2) is 35.5 Å². The van der Waals surface area contributed by atoms with Gasteiger partial charge in [-0.25, -0.2) is 13.6 Å². The summed E-state index contributed by atoms with van der Waals surface area (Å²) in [6.45, 7) is 0.812. The number of carbonyl (C=O) groups excluding carboxylic acids is 1. The molecule has 0 radical (unpaired) electrons. The second-order valence-electron chi connectivity index (χ2n) is 6.28. The predicted octanol–water partition coefficient (Wildman–Crippen LogP) is 1.30. The van der Waals surface area contributed by atoms with Gasteiger partial charge >= 0.3 is 0 Å². The maximum absolute atomic E-state index is 12.6. The zero-order valence-corrected chi connectivity index (χ0v) is 15.4. The van der Waals surface area contributed by atoms with E-state index in [4.69, 9.17) is 16.7 Å². The Morgan fingerprint density at radius 2 is 1.92 bits per heavy atom. The van der Waals surface area contributed by atoms with Gasteiger partial charge in [0, 0.05) is 18.1 Å². The second-order valence-corrected chi connectivity index (χ2v) is 8.22. The molecule has 0 saturated carbocycles. The zero-order valence-electron chi connectivity index (χ0n) is 13.8. The number of nitrogens with two attached hydrogens (primary N) is 1. The van der Waals surface area contributed by atoms with Crippen LogP contribution in [0.25, 0.3) is 0 Å². The fourth-order valence-corrected chi connectivity index (χ4v) is 3.92. The van der Waals surface area contributed by atoms with Crippen LogP contribution in [0.4, 0.5) is 0 Å². The van der Waals surface area contributed by atoms with E-state index in [1.165, 1.54) is 0 Å². The van der Waals surface area contributed by atoms with Gasteiger partial charge < -0.3 is 10.0 Å². The molecule has 1 aromatic heterocycles. The van der Waals surface area contributed by atoms with Crippen LogP contribution >= 0.6 is 11.6 Å². The van der Waals surface area contributed by atoms with Crippen LogP contribution in [0, 0.1) is 5.92 Å². The summed E-state index contributed by atoms with van der Waals surface area (Å²) in [4.78, 5) is 14.1. The molecule has 1 aliphatic rings. The number of aromatic nitrogens is 2. The quantitative estimate of drug-likeness (QED) is 0.714. The number of amides is 1. The molecule has 2 aromatic rings. The van der Waals surface area contributed by atoms with Crippen molar-refractivity contribution in [1.29, 1.82) is 0 Å². The van der Waals surface area contributed by atoms with Crippen LogP contribution < -0.4 is 5.14 Å². The average molecular weight is 399 g/mol. The predicted molar refractivity (Wildman–Crippen MR) is 95.0 cm³/mol. The number of aromatic amines is 1. The van der Waals surface area contributed by atoms with Crippen LogP contribution in [0.2, 0.25) is 5.02 Å². The Hall–Kier alpha value is -1.94. The van der Waals surface area contributed by atoms with E-state index in [-0.39, 0.29) is 16.5 Å². The zero-order chi connectivity index (χ0) is 18.9. The van der Waals surface area contributed by atoms with Gasteiger partial charge in [0.2, 0.25) is 0 Å². The molecule has 1 aliphatic heterocycles. The molecule has 0 bridgehead atoms. The molecule has 3 rings (SSSR count). The molecule has 1 unspecified atom stereocenters. The lowest BCUT2D eigenvalue weighted by atomic mass is 9.87. The highest BCUT2D eigenvalue weighted by molar-refractivity contribution is 7.89. The molecular formula is C16H19ClN4O4S. The Labute approximate surface area is 156 Å². The number of H-pyrrole nitrogens is 1. The van der Waals surface area contributed by atoms with E-state index in [9.17, 15) is 18.3 Å². The van der Waals surface area contributed by atoms with Gasteiger partial charge in [0.25, 0.3) is 15.9 Å². The van der Waals surface area contributed by atoms with Crippen LogP contribution in [0.1, 0.15) is 34.9 Å². The fourth-order valence-electron chi connectivity index (χ4n) is 3.16. The average Bonchev–Trinajstić information content (AvgIpc) is 3.11. The van der Waals surface area contributed by atoms with E-state index in [2.05, 4.69) is 10.2 Å². The first-order valence-corrected chi connectivity index (χ1v) is 9.99. The number of benzene rings is 1. The molecule has 2 heterocycles. The lowest BCUT2D eigenvalue weighted by Gasteiger charge is -2.34. The monoisotopic (exact) mass is 398 g/mol. The summed E-state index contributed by atoms with van der Waals surface area (Å²) in [6.07, 6.45) is 1.71. The molecule has 1 aromatic carbocycles. The molecule has 8 nitrogen and oxygen atoms in total.